The highest BCUT2D eigenvalue weighted by atomic mass is 79.9. The molecule has 1 aromatic heterocycles. The van der Waals surface area contributed by atoms with E-state index in [9.17, 15) is 0 Å². The molecule has 1 aromatic carbocycles. The van der Waals surface area contributed by atoms with Gasteiger partial charge < -0.3 is 9.26 Å². The summed E-state index contributed by atoms with van der Waals surface area (Å²) in [5.41, 5.74) is 0.778. The van der Waals surface area contributed by atoms with Crippen LogP contribution in [0.1, 0.15) is 5.82 Å². The fourth-order valence-electron chi connectivity index (χ4n) is 1.28. The first-order chi connectivity index (χ1) is 7.22. The van der Waals surface area contributed by atoms with Gasteiger partial charge in [-0.2, -0.15) is 4.98 Å². The highest BCUT2D eigenvalue weighted by Crippen LogP contribution is 2.35. The van der Waals surface area contributed by atoms with Crippen molar-refractivity contribution in [2.24, 2.45) is 0 Å². The molecule has 5 heteroatoms. The highest BCUT2D eigenvalue weighted by Gasteiger charge is 2.15. The lowest BCUT2D eigenvalue weighted by Gasteiger charge is -2.05. The van der Waals surface area contributed by atoms with Crippen molar-refractivity contribution < 1.29 is 9.26 Å². The number of benzene rings is 1. The Morgan fingerprint density at radius 2 is 2.20 bits per heavy atom. The summed E-state index contributed by atoms with van der Waals surface area (Å²) < 4.78 is 11.2. The van der Waals surface area contributed by atoms with Crippen LogP contribution in [-0.4, -0.2) is 17.3 Å². The summed E-state index contributed by atoms with van der Waals surface area (Å²) in [7, 11) is 1.61. The molecule has 0 atom stereocenters. The molecule has 0 unspecified atom stereocenters. The van der Waals surface area contributed by atoms with Gasteiger partial charge in [-0.1, -0.05) is 11.2 Å². The van der Waals surface area contributed by atoms with E-state index < -0.39 is 0 Å². The second kappa shape index (κ2) is 4.02. The lowest BCUT2D eigenvalue weighted by molar-refractivity contribution is 0.403. The smallest absolute Gasteiger partial charge is 0.262 e. The number of hydrogen-bond donors (Lipinski definition) is 0. The molecule has 0 N–H and O–H groups in total. The SMILES string of the molecule is COc1cccc(Br)c1-c1nc(C)no1. The molecule has 0 amide bonds. The largest absolute Gasteiger partial charge is 0.496 e. The minimum atomic E-state index is 0.455. The molecule has 0 fully saturated rings. The van der Waals surface area contributed by atoms with E-state index in [1.54, 1.807) is 14.0 Å². The summed E-state index contributed by atoms with van der Waals surface area (Å²) in [4.78, 5) is 4.16. The molecule has 0 spiro atoms. The molecular formula is C10H9BrN2O2. The average Bonchev–Trinajstić information content (AvgIpc) is 2.64. The third-order valence-corrected chi connectivity index (χ3v) is 2.60. The Morgan fingerprint density at radius 1 is 1.40 bits per heavy atom. The van der Waals surface area contributed by atoms with Crippen LogP contribution in [-0.2, 0) is 0 Å². The normalized spacial score (nSPS) is 10.3. The fraction of sp³-hybridized carbons (Fsp3) is 0.200. The zero-order chi connectivity index (χ0) is 10.8. The molecular weight excluding hydrogens is 260 g/mol. The van der Waals surface area contributed by atoms with Crippen LogP contribution >= 0.6 is 15.9 Å². The molecule has 0 saturated heterocycles. The Balaban J connectivity index is 2.60. The second-order valence-corrected chi connectivity index (χ2v) is 3.82. The van der Waals surface area contributed by atoms with Crippen molar-refractivity contribution in [3.63, 3.8) is 0 Å². The van der Waals surface area contributed by atoms with Crippen molar-refractivity contribution in [1.29, 1.82) is 0 Å². The first-order valence-electron chi connectivity index (χ1n) is 4.35. The highest BCUT2D eigenvalue weighted by molar-refractivity contribution is 9.10. The van der Waals surface area contributed by atoms with Gasteiger partial charge >= 0.3 is 0 Å². The molecule has 78 valence electrons. The van der Waals surface area contributed by atoms with E-state index in [2.05, 4.69) is 26.1 Å². The van der Waals surface area contributed by atoms with Crippen molar-refractivity contribution in [2.45, 2.75) is 6.92 Å². The van der Waals surface area contributed by atoms with Crippen LogP contribution in [0.25, 0.3) is 11.5 Å². The summed E-state index contributed by atoms with van der Waals surface area (Å²) in [5, 5.41) is 3.75. The predicted octanol–water partition coefficient (Wildman–Crippen LogP) is 2.82. The van der Waals surface area contributed by atoms with Gasteiger partial charge in [-0.15, -0.1) is 0 Å². The lowest BCUT2D eigenvalue weighted by Crippen LogP contribution is -1.89. The minimum Gasteiger partial charge on any atom is -0.496 e. The van der Waals surface area contributed by atoms with Crippen LogP contribution in [0, 0.1) is 6.92 Å². The quantitative estimate of drug-likeness (QED) is 0.841. The maximum Gasteiger partial charge on any atom is 0.262 e. The zero-order valence-corrected chi connectivity index (χ0v) is 9.91. The van der Waals surface area contributed by atoms with Gasteiger partial charge in [0.05, 0.1) is 12.7 Å². The van der Waals surface area contributed by atoms with Crippen LogP contribution in [0.2, 0.25) is 0 Å². The maximum absolute atomic E-state index is 5.23. The van der Waals surface area contributed by atoms with Crippen LogP contribution < -0.4 is 4.74 Å². The molecule has 0 saturated carbocycles. The van der Waals surface area contributed by atoms with E-state index >= 15 is 0 Å². The summed E-state index contributed by atoms with van der Waals surface area (Å²) >= 11 is 3.43. The van der Waals surface area contributed by atoms with Crippen molar-refractivity contribution in [3.8, 4) is 17.2 Å². The molecule has 0 aliphatic carbocycles. The third-order valence-electron chi connectivity index (χ3n) is 1.94. The van der Waals surface area contributed by atoms with Crippen LogP contribution in [0.5, 0.6) is 5.75 Å². The molecule has 0 bridgehead atoms. The van der Waals surface area contributed by atoms with Crippen LogP contribution in [0.15, 0.2) is 27.2 Å². The molecule has 0 aliphatic heterocycles. The third kappa shape index (κ3) is 1.87. The van der Waals surface area contributed by atoms with Gasteiger partial charge in [-0.05, 0) is 35.0 Å². The molecule has 15 heavy (non-hydrogen) atoms. The van der Waals surface area contributed by atoms with Crippen molar-refractivity contribution >= 4 is 15.9 Å². The Hall–Kier alpha value is -1.36. The number of rotatable bonds is 2. The fourth-order valence-corrected chi connectivity index (χ4v) is 1.80. The van der Waals surface area contributed by atoms with Gasteiger partial charge in [0, 0.05) is 4.47 Å². The van der Waals surface area contributed by atoms with Gasteiger partial charge in [0.1, 0.15) is 5.75 Å². The molecule has 2 aromatic rings. The van der Waals surface area contributed by atoms with E-state index in [1.807, 2.05) is 18.2 Å². The summed E-state index contributed by atoms with van der Waals surface area (Å²) in [6, 6.07) is 5.63. The lowest BCUT2D eigenvalue weighted by atomic mass is 10.2. The summed E-state index contributed by atoms with van der Waals surface area (Å²) in [5.74, 6) is 1.76. The predicted molar refractivity (Wildman–Crippen MR) is 58.7 cm³/mol. The maximum atomic E-state index is 5.23. The number of hydrogen-bond acceptors (Lipinski definition) is 4. The summed E-state index contributed by atoms with van der Waals surface area (Å²) in [6.45, 7) is 1.77. The molecule has 0 aliphatic rings. The number of nitrogens with zero attached hydrogens (tertiary/aromatic N) is 2. The minimum absolute atomic E-state index is 0.455. The first kappa shape index (κ1) is 10.2. The average molecular weight is 269 g/mol. The van der Waals surface area contributed by atoms with Crippen LogP contribution in [0.3, 0.4) is 0 Å². The Kier molecular flexibility index (Phi) is 2.73. The molecule has 4 nitrogen and oxygen atoms in total. The van der Waals surface area contributed by atoms with Gasteiger partial charge in [0.25, 0.3) is 5.89 Å². The molecule has 1 heterocycles. The summed E-state index contributed by atoms with van der Waals surface area (Å²) in [6.07, 6.45) is 0. The number of methoxy groups -OCH3 is 1. The topological polar surface area (TPSA) is 48.2 Å². The van der Waals surface area contributed by atoms with E-state index in [1.165, 1.54) is 0 Å². The molecule has 0 radical (unpaired) electrons. The standard InChI is InChI=1S/C10H9BrN2O2/c1-6-12-10(15-13-6)9-7(11)4-3-5-8(9)14-2/h3-5H,1-2H3. The number of aryl methyl sites for hydroxylation is 1. The Labute approximate surface area is 95.4 Å². The van der Waals surface area contributed by atoms with E-state index in [0.717, 1.165) is 10.0 Å². The van der Waals surface area contributed by atoms with Gasteiger partial charge in [0.15, 0.2) is 5.82 Å². The zero-order valence-electron chi connectivity index (χ0n) is 8.32. The first-order valence-corrected chi connectivity index (χ1v) is 5.15. The van der Waals surface area contributed by atoms with E-state index in [-0.39, 0.29) is 0 Å². The van der Waals surface area contributed by atoms with Gasteiger partial charge in [-0.3, -0.25) is 0 Å². The Bertz CT molecular complexity index is 482. The monoisotopic (exact) mass is 268 g/mol. The van der Waals surface area contributed by atoms with E-state index in [4.69, 9.17) is 9.26 Å². The number of ether oxygens (including phenoxy) is 1. The van der Waals surface area contributed by atoms with Crippen molar-refractivity contribution in [3.05, 3.63) is 28.5 Å². The van der Waals surface area contributed by atoms with Gasteiger partial charge in [0.2, 0.25) is 0 Å². The van der Waals surface area contributed by atoms with Crippen LogP contribution in [0.4, 0.5) is 0 Å². The van der Waals surface area contributed by atoms with E-state index in [0.29, 0.717) is 17.5 Å². The molecule has 2 rings (SSSR count). The Morgan fingerprint density at radius 3 is 2.80 bits per heavy atom. The van der Waals surface area contributed by atoms with Gasteiger partial charge in [-0.25, -0.2) is 0 Å². The van der Waals surface area contributed by atoms with Crippen molar-refractivity contribution in [2.75, 3.05) is 7.11 Å². The second-order valence-electron chi connectivity index (χ2n) is 2.96. The number of halogens is 1. The van der Waals surface area contributed by atoms with Crippen molar-refractivity contribution in [1.82, 2.24) is 10.1 Å². The number of aromatic nitrogens is 2.